The fraction of sp³-hybridized carbons (Fsp3) is 0.222. The maximum absolute atomic E-state index is 5.09. The first-order valence-electron chi connectivity index (χ1n) is 3.21. The summed E-state index contributed by atoms with van der Waals surface area (Å²) in [6.45, 7) is 5.85. The van der Waals surface area contributed by atoms with E-state index in [1.165, 1.54) is 0 Å². The first-order valence-corrected chi connectivity index (χ1v) is 3.21. The minimum Gasteiger partial charge on any atom is -0.496 e. The molecule has 1 rings (SSSR count). The molecule has 1 aromatic rings. The van der Waals surface area contributed by atoms with Gasteiger partial charge < -0.3 is 4.74 Å². The van der Waals surface area contributed by atoms with E-state index in [-0.39, 0.29) is 0 Å². The van der Waals surface area contributed by atoms with E-state index in [1.54, 1.807) is 7.11 Å². The predicted octanol–water partition coefficient (Wildman–Crippen LogP) is 2.19. The fourth-order valence-corrected chi connectivity index (χ4v) is 0.881. The van der Waals surface area contributed by atoms with Crippen LogP contribution in [0, 0.1) is 13.8 Å². The second kappa shape index (κ2) is 2.74. The Morgan fingerprint density at radius 3 is 2.60 bits per heavy atom. The molecule has 0 amide bonds. The van der Waals surface area contributed by atoms with Crippen LogP contribution in [0.3, 0.4) is 0 Å². The highest BCUT2D eigenvalue weighted by Gasteiger charge is 1.97. The lowest BCUT2D eigenvalue weighted by atomic mass is 10.1. The van der Waals surface area contributed by atoms with Crippen molar-refractivity contribution < 1.29 is 4.74 Å². The number of ether oxygens (including phenoxy) is 1. The predicted molar refractivity (Wildman–Crippen MR) is 42.2 cm³/mol. The number of hydrogen-bond donors (Lipinski definition) is 0. The highest BCUT2D eigenvalue weighted by Crippen LogP contribution is 2.19. The highest BCUT2D eigenvalue weighted by molar-refractivity contribution is 5.40. The van der Waals surface area contributed by atoms with Crippen LogP contribution < -0.4 is 4.74 Å². The molecule has 0 bridgehead atoms. The summed E-state index contributed by atoms with van der Waals surface area (Å²) in [6.07, 6.45) is 0. The van der Waals surface area contributed by atoms with Crippen LogP contribution in [-0.2, 0) is 0 Å². The van der Waals surface area contributed by atoms with Crippen molar-refractivity contribution in [3.63, 3.8) is 0 Å². The molecule has 0 aliphatic heterocycles. The lowest BCUT2D eigenvalue weighted by molar-refractivity contribution is 0.411. The van der Waals surface area contributed by atoms with Crippen LogP contribution in [-0.4, -0.2) is 7.11 Å². The minimum atomic E-state index is 0.910. The van der Waals surface area contributed by atoms with Gasteiger partial charge in [0.2, 0.25) is 0 Å². The van der Waals surface area contributed by atoms with E-state index in [0.29, 0.717) is 0 Å². The molecule has 0 spiro atoms. The monoisotopic (exact) mass is 135 g/mol. The molecular formula is C9H11O. The van der Waals surface area contributed by atoms with Crippen molar-refractivity contribution in [1.82, 2.24) is 0 Å². The van der Waals surface area contributed by atoms with Gasteiger partial charge in [-0.15, -0.1) is 0 Å². The van der Waals surface area contributed by atoms with Crippen molar-refractivity contribution in [2.75, 3.05) is 7.11 Å². The summed E-state index contributed by atoms with van der Waals surface area (Å²) in [6, 6.07) is 5.84. The third-order valence-corrected chi connectivity index (χ3v) is 1.62. The standard InChI is InChI=1S/C9H11O/c1-7-5-4-6-9(10-3)8(7)2/h4-6H,1H2,2-3H3. The van der Waals surface area contributed by atoms with Crippen LogP contribution >= 0.6 is 0 Å². The molecule has 0 aliphatic carbocycles. The van der Waals surface area contributed by atoms with E-state index >= 15 is 0 Å². The maximum atomic E-state index is 5.09. The molecule has 0 aliphatic rings. The van der Waals surface area contributed by atoms with Crippen molar-refractivity contribution in [2.45, 2.75) is 6.92 Å². The molecule has 0 unspecified atom stereocenters. The Kier molecular flexibility index (Phi) is 1.95. The average Bonchev–Trinajstić information content (AvgIpc) is 1.95. The van der Waals surface area contributed by atoms with Gasteiger partial charge in [-0.05, 0) is 31.0 Å². The smallest absolute Gasteiger partial charge is 0.122 e. The molecule has 1 heteroatoms. The SMILES string of the molecule is [CH2]c1cccc(OC)c1C. The summed E-state index contributed by atoms with van der Waals surface area (Å²) in [5.41, 5.74) is 2.14. The molecule has 0 atom stereocenters. The Morgan fingerprint density at radius 1 is 1.40 bits per heavy atom. The van der Waals surface area contributed by atoms with Crippen molar-refractivity contribution in [3.8, 4) is 5.75 Å². The molecule has 0 saturated carbocycles. The molecule has 0 fully saturated rings. The van der Waals surface area contributed by atoms with Gasteiger partial charge in [-0.2, -0.15) is 0 Å². The van der Waals surface area contributed by atoms with Crippen molar-refractivity contribution in [2.24, 2.45) is 0 Å². The molecule has 10 heavy (non-hydrogen) atoms. The van der Waals surface area contributed by atoms with E-state index in [0.717, 1.165) is 16.9 Å². The van der Waals surface area contributed by atoms with Gasteiger partial charge >= 0.3 is 0 Å². The summed E-state index contributed by atoms with van der Waals surface area (Å²) in [5.74, 6) is 0.910. The van der Waals surface area contributed by atoms with E-state index in [4.69, 9.17) is 4.74 Å². The lowest BCUT2D eigenvalue weighted by Crippen LogP contribution is -1.88. The summed E-state index contributed by atoms with van der Waals surface area (Å²) >= 11 is 0. The first kappa shape index (κ1) is 7.13. The number of rotatable bonds is 1. The maximum Gasteiger partial charge on any atom is 0.122 e. The van der Waals surface area contributed by atoms with E-state index < -0.39 is 0 Å². The molecular weight excluding hydrogens is 124 g/mol. The lowest BCUT2D eigenvalue weighted by Gasteiger charge is -2.05. The summed E-state index contributed by atoms with van der Waals surface area (Å²) in [5, 5.41) is 0. The third-order valence-electron chi connectivity index (χ3n) is 1.62. The zero-order valence-electron chi connectivity index (χ0n) is 6.35. The largest absolute Gasteiger partial charge is 0.496 e. The van der Waals surface area contributed by atoms with Crippen molar-refractivity contribution in [3.05, 3.63) is 36.2 Å². The quantitative estimate of drug-likeness (QED) is 0.573. The zero-order valence-corrected chi connectivity index (χ0v) is 6.35. The van der Waals surface area contributed by atoms with E-state index in [1.807, 2.05) is 25.1 Å². The Balaban J connectivity index is 3.14. The molecule has 1 radical (unpaired) electrons. The van der Waals surface area contributed by atoms with Gasteiger partial charge in [-0.3, -0.25) is 0 Å². The van der Waals surface area contributed by atoms with Gasteiger partial charge in [0.05, 0.1) is 7.11 Å². The van der Waals surface area contributed by atoms with Crippen molar-refractivity contribution in [1.29, 1.82) is 0 Å². The average molecular weight is 135 g/mol. The van der Waals surface area contributed by atoms with Crippen molar-refractivity contribution >= 4 is 0 Å². The molecule has 0 heterocycles. The van der Waals surface area contributed by atoms with Gasteiger partial charge in [-0.25, -0.2) is 0 Å². The van der Waals surface area contributed by atoms with Crippen LogP contribution in [0.15, 0.2) is 18.2 Å². The Bertz CT molecular complexity index is 228. The minimum absolute atomic E-state index is 0.910. The normalized spacial score (nSPS) is 9.50. The molecule has 1 aromatic carbocycles. The summed E-state index contributed by atoms with van der Waals surface area (Å²) in [7, 11) is 1.67. The van der Waals surface area contributed by atoms with E-state index in [2.05, 4.69) is 6.92 Å². The topological polar surface area (TPSA) is 9.23 Å². The number of methoxy groups -OCH3 is 1. The fourth-order valence-electron chi connectivity index (χ4n) is 0.881. The zero-order chi connectivity index (χ0) is 7.56. The van der Waals surface area contributed by atoms with Gasteiger partial charge in [-0.1, -0.05) is 12.1 Å². The molecule has 1 nitrogen and oxygen atoms in total. The second-order valence-corrected chi connectivity index (χ2v) is 2.24. The molecule has 0 saturated heterocycles. The number of hydrogen-bond acceptors (Lipinski definition) is 1. The first-order chi connectivity index (χ1) is 4.75. The van der Waals surface area contributed by atoms with Crippen LogP contribution in [0.1, 0.15) is 11.1 Å². The molecule has 0 aromatic heterocycles. The Labute approximate surface area is 61.6 Å². The second-order valence-electron chi connectivity index (χ2n) is 2.24. The van der Waals surface area contributed by atoms with E-state index in [9.17, 15) is 0 Å². The Morgan fingerprint density at radius 2 is 2.10 bits per heavy atom. The molecule has 53 valence electrons. The molecule has 0 N–H and O–H groups in total. The van der Waals surface area contributed by atoms with Crippen LogP contribution in [0.4, 0.5) is 0 Å². The van der Waals surface area contributed by atoms with Gasteiger partial charge in [0, 0.05) is 0 Å². The van der Waals surface area contributed by atoms with Crippen LogP contribution in [0.2, 0.25) is 0 Å². The van der Waals surface area contributed by atoms with Gasteiger partial charge in [0.15, 0.2) is 0 Å². The van der Waals surface area contributed by atoms with Gasteiger partial charge in [0.1, 0.15) is 5.75 Å². The summed E-state index contributed by atoms with van der Waals surface area (Å²) in [4.78, 5) is 0. The highest BCUT2D eigenvalue weighted by atomic mass is 16.5. The van der Waals surface area contributed by atoms with Gasteiger partial charge in [0.25, 0.3) is 0 Å². The summed E-state index contributed by atoms with van der Waals surface area (Å²) < 4.78 is 5.09. The Hall–Kier alpha value is -0.980. The van der Waals surface area contributed by atoms with Crippen LogP contribution in [0.25, 0.3) is 0 Å². The number of benzene rings is 1. The van der Waals surface area contributed by atoms with Crippen LogP contribution in [0.5, 0.6) is 5.75 Å². The third kappa shape index (κ3) is 1.13.